The van der Waals surface area contributed by atoms with E-state index < -0.39 is 0 Å². The van der Waals surface area contributed by atoms with Crippen molar-refractivity contribution < 1.29 is 0 Å². The van der Waals surface area contributed by atoms with Crippen LogP contribution in [-0.4, -0.2) is 17.6 Å². The van der Waals surface area contributed by atoms with Gasteiger partial charge >= 0.3 is 0 Å². The van der Waals surface area contributed by atoms with Crippen LogP contribution < -0.4 is 11.1 Å². The number of nitrogens with zero attached hydrogens (tertiary/aromatic N) is 1. The molecule has 3 N–H and O–H groups in total. The standard InChI is InChI=1S/C12H19Cl2N3/c1-12(2,3)5-9(15)7-17-11-10(14)4-8(13)6-16-11/h4,6,9H,5,7,15H2,1-3H3,(H,16,17). The third kappa shape index (κ3) is 5.57. The van der Waals surface area contributed by atoms with Crippen molar-refractivity contribution in [2.24, 2.45) is 11.1 Å². The Labute approximate surface area is 113 Å². The van der Waals surface area contributed by atoms with Gasteiger partial charge in [0.25, 0.3) is 0 Å². The molecule has 0 saturated heterocycles. The number of anilines is 1. The Balaban J connectivity index is 2.50. The summed E-state index contributed by atoms with van der Waals surface area (Å²) in [7, 11) is 0. The Hall–Kier alpha value is -0.510. The van der Waals surface area contributed by atoms with E-state index in [1.165, 1.54) is 0 Å². The number of rotatable bonds is 4. The molecule has 1 heterocycles. The molecule has 96 valence electrons. The summed E-state index contributed by atoms with van der Waals surface area (Å²) < 4.78 is 0. The summed E-state index contributed by atoms with van der Waals surface area (Å²) in [5.74, 6) is 0.625. The van der Waals surface area contributed by atoms with Crippen LogP contribution in [0.5, 0.6) is 0 Å². The lowest BCUT2D eigenvalue weighted by molar-refractivity contribution is 0.344. The second kappa shape index (κ2) is 5.89. The third-order valence-corrected chi connectivity index (χ3v) is 2.71. The molecule has 17 heavy (non-hydrogen) atoms. The van der Waals surface area contributed by atoms with Gasteiger partial charge in [-0.3, -0.25) is 0 Å². The second-order valence-electron chi connectivity index (χ2n) is 5.39. The summed E-state index contributed by atoms with van der Waals surface area (Å²) in [4.78, 5) is 4.12. The molecule has 1 rings (SSSR count). The smallest absolute Gasteiger partial charge is 0.144 e. The third-order valence-electron chi connectivity index (χ3n) is 2.21. The number of pyridine rings is 1. The average Bonchev–Trinajstić information content (AvgIpc) is 2.13. The highest BCUT2D eigenvalue weighted by molar-refractivity contribution is 6.35. The summed E-state index contributed by atoms with van der Waals surface area (Å²) in [6.45, 7) is 7.15. The Morgan fingerprint density at radius 2 is 2.06 bits per heavy atom. The maximum atomic E-state index is 6.03. The van der Waals surface area contributed by atoms with Gasteiger partial charge in [0, 0.05) is 18.8 Å². The predicted molar refractivity (Wildman–Crippen MR) is 74.8 cm³/mol. The van der Waals surface area contributed by atoms with Crippen LogP contribution >= 0.6 is 23.2 Å². The van der Waals surface area contributed by atoms with Gasteiger partial charge in [0.2, 0.25) is 0 Å². The van der Waals surface area contributed by atoms with E-state index in [-0.39, 0.29) is 11.5 Å². The van der Waals surface area contributed by atoms with Gasteiger partial charge in [-0.15, -0.1) is 0 Å². The highest BCUT2D eigenvalue weighted by Gasteiger charge is 2.15. The number of hydrogen-bond acceptors (Lipinski definition) is 3. The summed E-state index contributed by atoms with van der Waals surface area (Å²) in [5.41, 5.74) is 6.25. The molecule has 0 spiro atoms. The molecule has 0 bridgehead atoms. The van der Waals surface area contributed by atoms with Crippen molar-refractivity contribution in [2.75, 3.05) is 11.9 Å². The fourth-order valence-electron chi connectivity index (χ4n) is 1.63. The zero-order valence-electron chi connectivity index (χ0n) is 10.4. The molecule has 0 aromatic carbocycles. The fraction of sp³-hybridized carbons (Fsp3) is 0.583. The van der Waals surface area contributed by atoms with E-state index in [0.29, 0.717) is 22.4 Å². The van der Waals surface area contributed by atoms with Crippen LogP contribution in [-0.2, 0) is 0 Å². The molecule has 0 aliphatic heterocycles. The van der Waals surface area contributed by atoms with Gasteiger partial charge in [0.1, 0.15) is 5.82 Å². The second-order valence-corrected chi connectivity index (χ2v) is 6.23. The summed E-state index contributed by atoms with van der Waals surface area (Å²) in [6.07, 6.45) is 2.50. The van der Waals surface area contributed by atoms with Crippen LogP contribution in [0.15, 0.2) is 12.3 Å². The van der Waals surface area contributed by atoms with Crippen LogP contribution in [0.3, 0.4) is 0 Å². The van der Waals surface area contributed by atoms with Gasteiger partial charge in [-0.2, -0.15) is 0 Å². The summed E-state index contributed by atoms with van der Waals surface area (Å²) in [5, 5.41) is 4.18. The van der Waals surface area contributed by atoms with Crippen molar-refractivity contribution in [3.05, 3.63) is 22.3 Å². The molecule has 0 amide bonds. The largest absolute Gasteiger partial charge is 0.367 e. The van der Waals surface area contributed by atoms with E-state index in [1.807, 2.05) is 0 Å². The lowest BCUT2D eigenvalue weighted by atomic mass is 9.88. The number of nitrogens with one attached hydrogen (secondary N) is 1. The molecule has 0 aliphatic rings. The fourth-order valence-corrected chi connectivity index (χ4v) is 2.08. The molecule has 0 saturated carbocycles. The maximum Gasteiger partial charge on any atom is 0.144 e. The molecule has 0 radical (unpaired) electrons. The lowest BCUT2D eigenvalue weighted by Crippen LogP contribution is -2.33. The van der Waals surface area contributed by atoms with Gasteiger partial charge in [0.05, 0.1) is 10.0 Å². The van der Waals surface area contributed by atoms with Gasteiger partial charge < -0.3 is 11.1 Å². The topological polar surface area (TPSA) is 50.9 Å². The van der Waals surface area contributed by atoms with Crippen molar-refractivity contribution in [3.63, 3.8) is 0 Å². The zero-order chi connectivity index (χ0) is 13.1. The first kappa shape index (κ1) is 14.6. The van der Waals surface area contributed by atoms with Crippen LogP contribution in [0, 0.1) is 5.41 Å². The molecule has 3 nitrogen and oxygen atoms in total. The molecule has 1 aromatic heterocycles. The molecule has 1 atom stereocenters. The minimum atomic E-state index is 0.0727. The zero-order valence-corrected chi connectivity index (χ0v) is 11.9. The molecule has 5 heteroatoms. The molecule has 0 aliphatic carbocycles. The van der Waals surface area contributed by atoms with Gasteiger partial charge in [0.15, 0.2) is 0 Å². The molecule has 1 aromatic rings. The van der Waals surface area contributed by atoms with Crippen LogP contribution in [0.25, 0.3) is 0 Å². The van der Waals surface area contributed by atoms with E-state index in [9.17, 15) is 0 Å². The van der Waals surface area contributed by atoms with E-state index in [4.69, 9.17) is 28.9 Å². The Bertz CT molecular complexity index is 375. The maximum absolute atomic E-state index is 6.03. The Morgan fingerprint density at radius 3 is 2.59 bits per heavy atom. The molecule has 0 fully saturated rings. The van der Waals surface area contributed by atoms with Crippen molar-refractivity contribution in [1.82, 2.24) is 4.98 Å². The van der Waals surface area contributed by atoms with E-state index in [0.717, 1.165) is 6.42 Å². The number of hydrogen-bond donors (Lipinski definition) is 2. The van der Waals surface area contributed by atoms with Gasteiger partial charge in [-0.1, -0.05) is 44.0 Å². The summed E-state index contributed by atoms with van der Waals surface area (Å²) in [6, 6.07) is 1.73. The van der Waals surface area contributed by atoms with Crippen molar-refractivity contribution in [1.29, 1.82) is 0 Å². The molecule has 1 unspecified atom stereocenters. The van der Waals surface area contributed by atoms with Gasteiger partial charge in [-0.05, 0) is 17.9 Å². The van der Waals surface area contributed by atoms with Gasteiger partial charge in [-0.25, -0.2) is 4.98 Å². The normalized spacial score (nSPS) is 13.5. The number of aromatic nitrogens is 1. The number of nitrogens with two attached hydrogens (primary N) is 1. The van der Waals surface area contributed by atoms with E-state index in [2.05, 4.69) is 31.1 Å². The van der Waals surface area contributed by atoms with Crippen LogP contribution in [0.4, 0.5) is 5.82 Å². The number of halogens is 2. The van der Waals surface area contributed by atoms with Crippen molar-refractivity contribution in [3.8, 4) is 0 Å². The predicted octanol–water partition coefficient (Wildman–Crippen LogP) is 3.56. The van der Waals surface area contributed by atoms with E-state index in [1.54, 1.807) is 12.3 Å². The lowest BCUT2D eigenvalue weighted by Gasteiger charge is -2.23. The minimum Gasteiger partial charge on any atom is -0.367 e. The monoisotopic (exact) mass is 275 g/mol. The SMILES string of the molecule is CC(C)(C)CC(N)CNc1ncc(Cl)cc1Cl. The molecular formula is C12H19Cl2N3. The first-order chi connectivity index (χ1) is 7.78. The minimum absolute atomic E-state index is 0.0727. The highest BCUT2D eigenvalue weighted by Crippen LogP contribution is 2.23. The molecular weight excluding hydrogens is 257 g/mol. The Morgan fingerprint density at radius 1 is 1.41 bits per heavy atom. The van der Waals surface area contributed by atoms with E-state index >= 15 is 0 Å². The quantitative estimate of drug-likeness (QED) is 0.884. The highest BCUT2D eigenvalue weighted by atomic mass is 35.5. The Kier molecular flexibility index (Phi) is 5.04. The first-order valence-corrected chi connectivity index (χ1v) is 6.34. The van der Waals surface area contributed by atoms with Crippen LogP contribution in [0.2, 0.25) is 10.0 Å². The van der Waals surface area contributed by atoms with Crippen molar-refractivity contribution in [2.45, 2.75) is 33.2 Å². The summed E-state index contributed by atoms with van der Waals surface area (Å²) >= 11 is 11.8. The average molecular weight is 276 g/mol. The first-order valence-electron chi connectivity index (χ1n) is 5.58. The van der Waals surface area contributed by atoms with Crippen LogP contribution in [0.1, 0.15) is 27.2 Å². The van der Waals surface area contributed by atoms with Crippen molar-refractivity contribution >= 4 is 29.0 Å².